The van der Waals surface area contributed by atoms with Gasteiger partial charge < -0.3 is 0 Å². The van der Waals surface area contributed by atoms with Gasteiger partial charge in [-0.3, -0.25) is 0 Å². The summed E-state index contributed by atoms with van der Waals surface area (Å²) in [6, 6.07) is 8.25. The Morgan fingerprint density at radius 1 is 1.31 bits per heavy atom. The normalized spacial score (nSPS) is 10.4. The minimum atomic E-state index is 0.926. The van der Waals surface area contributed by atoms with Crippen LogP contribution in [-0.4, -0.2) is 43.3 Å². The zero-order chi connectivity index (χ0) is 9.26. The number of aromatic amines is 1. The third-order valence-corrected chi connectivity index (χ3v) is 2.84. The number of hydrogen-bond donors (Lipinski definition) is 1. The molecule has 0 aliphatic rings. The molecule has 13 heavy (non-hydrogen) atoms. The molecule has 0 saturated heterocycles. The molecule has 0 saturated carbocycles. The van der Waals surface area contributed by atoms with E-state index < -0.39 is 0 Å². The predicted octanol–water partition coefficient (Wildman–Crippen LogP) is 0.574. The molecule has 0 aliphatic heterocycles. The second-order valence-electron chi connectivity index (χ2n) is 3.09. The van der Waals surface area contributed by atoms with Gasteiger partial charge in [-0.25, -0.2) is 0 Å². The van der Waals surface area contributed by atoms with Gasteiger partial charge in [0.25, 0.3) is 0 Å². The Hall–Kier alpha value is -0.640. The molecule has 0 bridgehead atoms. The molecule has 0 spiro atoms. The van der Waals surface area contributed by atoms with E-state index in [1.54, 1.807) is 0 Å². The van der Waals surface area contributed by atoms with Crippen molar-refractivity contribution in [3.63, 3.8) is 0 Å². The van der Waals surface area contributed by atoms with Crippen molar-refractivity contribution < 1.29 is 0 Å². The molecule has 3 nitrogen and oxygen atoms in total. The van der Waals surface area contributed by atoms with Crippen LogP contribution < -0.4 is 2.94 Å². The number of aryl methyl sites for hydroxylation is 1. The summed E-state index contributed by atoms with van der Waals surface area (Å²) in [4.78, 5) is 0. The number of H-pyrrole nitrogens is 1. The van der Waals surface area contributed by atoms with Crippen molar-refractivity contribution in [3.8, 4) is 11.3 Å². The van der Waals surface area contributed by atoms with E-state index in [9.17, 15) is 0 Å². The van der Waals surface area contributed by atoms with Gasteiger partial charge in [-0.15, -0.1) is 0 Å². The average Bonchev–Trinajstić information content (AvgIpc) is 2.52. The zero-order valence-electron chi connectivity index (χ0n) is 7.70. The van der Waals surface area contributed by atoms with Crippen molar-refractivity contribution in [2.24, 2.45) is 0 Å². The van der Waals surface area contributed by atoms with Crippen LogP contribution in [0.4, 0.5) is 0 Å². The van der Waals surface area contributed by atoms with Gasteiger partial charge in [0.15, 0.2) is 0 Å². The molecule has 60 valence electrons. The van der Waals surface area contributed by atoms with E-state index in [1.807, 2.05) is 12.1 Å². The van der Waals surface area contributed by atoms with Crippen LogP contribution in [-0.2, 0) is 0 Å². The maximum absolute atomic E-state index is 3.99. The Labute approximate surface area is 94.0 Å². The molecular formula is C9H8N3Na. The topological polar surface area (TPSA) is 41.6 Å². The summed E-state index contributed by atoms with van der Waals surface area (Å²) in [6.07, 6.45) is 0. The first-order valence-corrected chi connectivity index (χ1v) is 5.22. The van der Waals surface area contributed by atoms with Crippen LogP contribution in [0.5, 0.6) is 0 Å². The molecule has 0 amide bonds. The van der Waals surface area contributed by atoms with Gasteiger partial charge in [0.2, 0.25) is 0 Å². The van der Waals surface area contributed by atoms with Crippen molar-refractivity contribution in [1.29, 1.82) is 0 Å². The van der Waals surface area contributed by atoms with Crippen LogP contribution in [0.25, 0.3) is 11.3 Å². The molecular weight excluding hydrogens is 173 g/mol. The van der Waals surface area contributed by atoms with Crippen LogP contribution in [0.1, 0.15) is 5.56 Å². The fourth-order valence-electron chi connectivity index (χ4n) is 1.39. The summed E-state index contributed by atoms with van der Waals surface area (Å²) < 4.78 is 1.08. The van der Waals surface area contributed by atoms with E-state index in [-0.39, 0.29) is 0 Å². The van der Waals surface area contributed by atoms with Crippen molar-refractivity contribution in [2.75, 3.05) is 0 Å². The Kier molecular flexibility index (Phi) is 2.49. The van der Waals surface area contributed by atoms with E-state index in [0.29, 0.717) is 0 Å². The molecule has 2 rings (SSSR count). The summed E-state index contributed by atoms with van der Waals surface area (Å²) in [5.41, 5.74) is 3.54. The van der Waals surface area contributed by atoms with Crippen molar-refractivity contribution in [1.82, 2.24) is 15.4 Å². The summed E-state index contributed by atoms with van der Waals surface area (Å²) in [5, 5.41) is 10.7. The molecule has 1 heterocycles. The monoisotopic (exact) mass is 181 g/mol. The Morgan fingerprint density at radius 3 is 2.69 bits per heavy atom. The van der Waals surface area contributed by atoms with Crippen LogP contribution >= 0.6 is 0 Å². The van der Waals surface area contributed by atoms with Crippen molar-refractivity contribution >= 4 is 30.9 Å². The molecule has 4 heteroatoms. The van der Waals surface area contributed by atoms with Gasteiger partial charge >= 0.3 is 94.3 Å². The van der Waals surface area contributed by atoms with E-state index in [0.717, 1.165) is 36.6 Å². The Morgan fingerprint density at radius 2 is 2.08 bits per heavy atom. The number of nitrogens with one attached hydrogen (secondary N) is 1. The van der Waals surface area contributed by atoms with E-state index in [2.05, 4.69) is 34.5 Å². The van der Waals surface area contributed by atoms with Gasteiger partial charge in [0.1, 0.15) is 0 Å². The second kappa shape index (κ2) is 3.62. The Balaban J connectivity index is 2.59. The number of rotatable bonds is 1. The van der Waals surface area contributed by atoms with Gasteiger partial charge in [-0.1, -0.05) is 0 Å². The van der Waals surface area contributed by atoms with Gasteiger partial charge in [0.05, 0.1) is 0 Å². The molecule has 2 aromatic rings. The van der Waals surface area contributed by atoms with E-state index in [1.165, 1.54) is 11.1 Å². The van der Waals surface area contributed by atoms with Crippen LogP contribution in [0.3, 0.4) is 0 Å². The van der Waals surface area contributed by atoms with Crippen molar-refractivity contribution in [3.05, 3.63) is 29.8 Å². The molecule has 0 unspecified atom stereocenters. The fourth-order valence-corrected chi connectivity index (χ4v) is 1.87. The average molecular weight is 181 g/mol. The first kappa shape index (κ1) is 8.94. The molecule has 1 N–H and O–H groups in total. The number of aromatic nitrogens is 3. The van der Waals surface area contributed by atoms with Crippen LogP contribution in [0.15, 0.2) is 24.3 Å². The van der Waals surface area contributed by atoms with Gasteiger partial charge in [-0.2, -0.15) is 0 Å². The summed E-state index contributed by atoms with van der Waals surface area (Å²) in [7, 11) is 0. The van der Waals surface area contributed by atoms with Crippen molar-refractivity contribution in [2.45, 2.75) is 6.92 Å². The van der Waals surface area contributed by atoms with Gasteiger partial charge in [0, 0.05) is 0 Å². The molecule has 0 fully saturated rings. The molecule has 0 atom stereocenters. The van der Waals surface area contributed by atoms with Crippen LogP contribution in [0, 0.1) is 6.92 Å². The minimum absolute atomic E-state index is 0.926. The number of hydrogen-bond acceptors (Lipinski definition) is 2. The predicted molar refractivity (Wildman–Crippen MR) is 51.9 cm³/mol. The SMILES string of the molecule is Cc1ccccc1-c1[nH]nn[c]1[Na]. The molecule has 0 aliphatic carbocycles. The van der Waals surface area contributed by atoms with E-state index in [4.69, 9.17) is 0 Å². The zero-order valence-corrected chi connectivity index (χ0v) is 9.70. The summed E-state index contributed by atoms with van der Waals surface area (Å²) in [5.74, 6) is 0. The maximum atomic E-state index is 3.99. The number of benzene rings is 1. The number of nitrogens with zero attached hydrogens (tertiary/aromatic N) is 2. The summed E-state index contributed by atoms with van der Waals surface area (Å²) >= 11 is 0.926. The van der Waals surface area contributed by atoms with E-state index >= 15 is 0 Å². The molecule has 1 aromatic heterocycles. The molecule has 0 radical (unpaired) electrons. The third kappa shape index (κ3) is 1.68. The second-order valence-corrected chi connectivity index (χ2v) is 4.03. The van der Waals surface area contributed by atoms with Gasteiger partial charge in [-0.05, 0) is 0 Å². The standard InChI is InChI=1S/C9H8N3.Na/c1-7-4-2-3-5-8(7)9-6-10-12-11-9;/h2-5H,1H3,(H,10,11,12);. The first-order chi connectivity index (χ1) is 6.29. The quantitative estimate of drug-likeness (QED) is 0.653. The van der Waals surface area contributed by atoms with Crippen LogP contribution in [0.2, 0.25) is 0 Å². The fraction of sp³-hybridized carbons (Fsp3) is 0.111. The molecule has 1 aromatic carbocycles. The summed E-state index contributed by atoms with van der Waals surface area (Å²) in [6.45, 7) is 2.09. The third-order valence-electron chi connectivity index (χ3n) is 2.14. The first-order valence-electron chi connectivity index (χ1n) is 4.22. The Bertz CT molecular complexity index is 422.